The van der Waals surface area contributed by atoms with E-state index in [1.165, 1.54) is 199 Å². The lowest BCUT2D eigenvalue weighted by Crippen LogP contribution is -2.30. The number of hydrogen-bond donors (Lipinski definition) is 0. The van der Waals surface area contributed by atoms with Crippen LogP contribution in [0.2, 0.25) is 0 Å². The van der Waals surface area contributed by atoms with Gasteiger partial charge >= 0.3 is 17.9 Å². The van der Waals surface area contributed by atoms with Crippen LogP contribution in [0.3, 0.4) is 0 Å². The molecule has 0 aliphatic carbocycles. The molecule has 0 bridgehead atoms. The van der Waals surface area contributed by atoms with Crippen LogP contribution in [0.4, 0.5) is 0 Å². The summed E-state index contributed by atoms with van der Waals surface area (Å²) in [7, 11) is 0. The van der Waals surface area contributed by atoms with Gasteiger partial charge in [-0.15, -0.1) is 0 Å². The van der Waals surface area contributed by atoms with Crippen LogP contribution in [0.5, 0.6) is 0 Å². The van der Waals surface area contributed by atoms with Crippen molar-refractivity contribution in [1.29, 1.82) is 0 Å². The monoisotopic (exact) mass is 1090 g/mol. The first-order chi connectivity index (χ1) is 38.5. The lowest BCUT2D eigenvalue weighted by atomic mass is 10.0. The average molecular weight is 1090 g/mol. The molecular weight excluding hydrogens is 961 g/mol. The van der Waals surface area contributed by atoms with Crippen LogP contribution >= 0.6 is 0 Å². The van der Waals surface area contributed by atoms with Gasteiger partial charge in [0.2, 0.25) is 0 Å². The van der Waals surface area contributed by atoms with Gasteiger partial charge in [0.1, 0.15) is 13.2 Å². The molecule has 0 heterocycles. The number of hydrogen-bond acceptors (Lipinski definition) is 6. The fourth-order valence-electron chi connectivity index (χ4n) is 9.88. The van der Waals surface area contributed by atoms with Gasteiger partial charge in [-0.3, -0.25) is 14.4 Å². The van der Waals surface area contributed by atoms with Crippen molar-refractivity contribution in [2.24, 2.45) is 0 Å². The van der Waals surface area contributed by atoms with Crippen molar-refractivity contribution in [3.63, 3.8) is 0 Å². The number of carbonyl (C=O) groups excluding carboxylic acids is 3. The largest absolute Gasteiger partial charge is 0.462 e. The molecule has 6 heteroatoms. The number of ether oxygens (including phenoxy) is 3. The molecule has 0 radical (unpaired) electrons. The van der Waals surface area contributed by atoms with Crippen molar-refractivity contribution in [2.75, 3.05) is 13.2 Å². The number of unbranched alkanes of at least 4 members (excludes halogenated alkanes) is 39. The van der Waals surface area contributed by atoms with Gasteiger partial charge in [-0.1, -0.05) is 312 Å². The van der Waals surface area contributed by atoms with Crippen molar-refractivity contribution in [3.8, 4) is 0 Å². The first-order valence-electron chi connectivity index (χ1n) is 33.9. The normalized spacial score (nSPS) is 12.5. The zero-order chi connectivity index (χ0) is 56.4. The van der Waals surface area contributed by atoms with Crippen LogP contribution in [0.25, 0.3) is 0 Å². The Morgan fingerprint density at radius 3 is 0.795 bits per heavy atom. The summed E-state index contributed by atoms with van der Waals surface area (Å²) >= 11 is 0. The second-order valence-electron chi connectivity index (χ2n) is 22.7. The zero-order valence-electron chi connectivity index (χ0n) is 51.9. The highest BCUT2D eigenvalue weighted by molar-refractivity contribution is 5.71. The highest BCUT2D eigenvalue weighted by Gasteiger charge is 2.19. The SMILES string of the molecule is CC/C=C\C/C=C\C/C=C\C/C=C\C/C=C\CCCCCCCC(=O)OC(COC(=O)CCCCCCCCCCCCC/C=C\CCCCCCCCCC)COC(=O)CCCCCCCCCCCCCCCCCC. The topological polar surface area (TPSA) is 78.9 Å². The van der Waals surface area contributed by atoms with Gasteiger partial charge in [-0.05, 0) is 89.9 Å². The maximum atomic E-state index is 12.9. The summed E-state index contributed by atoms with van der Waals surface area (Å²) < 4.78 is 17.0. The van der Waals surface area contributed by atoms with E-state index in [0.717, 1.165) is 109 Å². The molecule has 1 atom stereocenters. The highest BCUT2D eigenvalue weighted by atomic mass is 16.6. The van der Waals surface area contributed by atoms with Crippen LogP contribution in [0.15, 0.2) is 72.9 Å². The zero-order valence-corrected chi connectivity index (χ0v) is 51.9. The Kier molecular flexibility index (Phi) is 63.7. The maximum absolute atomic E-state index is 12.9. The Morgan fingerprint density at radius 1 is 0.269 bits per heavy atom. The van der Waals surface area contributed by atoms with Gasteiger partial charge < -0.3 is 14.2 Å². The fourth-order valence-corrected chi connectivity index (χ4v) is 9.88. The van der Waals surface area contributed by atoms with Gasteiger partial charge in [0, 0.05) is 19.3 Å². The van der Waals surface area contributed by atoms with Gasteiger partial charge in [0.15, 0.2) is 6.10 Å². The molecule has 0 fully saturated rings. The van der Waals surface area contributed by atoms with Crippen molar-refractivity contribution in [2.45, 2.75) is 354 Å². The first kappa shape index (κ1) is 74.8. The molecule has 0 aliphatic heterocycles. The van der Waals surface area contributed by atoms with Crippen molar-refractivity contribution in [1.82, 2.24) is 0 Å². The van der Waals surface area contributed by atoms with Gasteiger partial charge in [0.05, 0.1) is 0 Å². The number of rotatable bonds is 62. The predicted octanol–water partition coefficient (Wildman–Crippen LogP) is 23.3. The molecule has 0 aromatic carbocycles. The molecule has 6 nitrogen and oxygen atoms in total. The van der Waals surface area contributed by atoms with E-state index in [1.807, 2.05) is 0 Å². The molecule has 0 N–H and O–H groups in total. The van der Waals surface area contributed by atoms with Crippen LogP contribution in [0, 0.1) is 0 Å². The standard InChI is InChI=1S/C72H128O6/c1-4-7-10-13-16-19-22-25-28-31-33-35-36-38-39-41-44-47-50-53-56-59-62-65-71(74)77-68-69(67-76-70(73)64-61-58-55-52-49-46-43-30-27-24-21-18-15-12-9-6-3)78-72(75)66-63-60-57-54-51-48-45-42-40-37-34-32-29-26-23-20-17-14-11-8-5-2/h8,11,17,20,26,29,31,33-34,37,42,45,69H,4-7,9-10,12-16,18-19,21-25,27-28,30,32,35-36,38-41,43-44,46-68H2,1-3H3/b11-8-,20-17-,29-26-,33-31-,37-34-,45-42-. The Balaban J connectivity index is 4.37. The Labute approximate surface area is 484 Å². The van der Waals surface area contributed by atoms with Crippen LogP contribution in [-0.2, 0) is 28.6 Å². The van der Waals surface area contributed by atoms with Crippen molar-refractivity contribution < 1.29 is 28.6 Å². The van der Waals surface area contributed by atoms with Crippen LogP contribution in [-0.4, -0.2) is 37.2 Å². The van der Waals surface area contributed by atoms with Crippen LogP contribution < -0.4 is 0 Å². The van der Waals surface area contributed by atoms with E-state index in [2.05, 4.69) is 93.7 Å². The molecule has 0 saturated carbocycles. The molecular formula is C72H128O6. The molecule has 0 saturated heterocycles. The van der Waals surface area contributed by atoms with Gasteiger partial charge in [0.25, 0.3) is 0 Å². The van der Waals surface area contributed by atoms with Crippen molar-refractivity contribution in [3.05, 3.63) is 72.9 Å². The van der Waals surface area contributed by atoms with E-state index < -0.39 is 6.10 Å². The van der Waals surface area contributed by atoms with E-state index >= 15 is 0 Å². The van der Waals surface area contributed by atoms with E-state index in [0.29, 0.717) is 19.3 Å². The second-order valence-corrected chi connectivity index (χ2v) is 22.7. The number of esters is 3. The third-order valence-corrected chi connectivity index (χ3v) is 14.9. The molecule has 0 amide bonds. The summed E-state index contributed by atoms with van der Waals surface area (Å²) in [6, 6.07) is 0. The smallest absolute Gasteiger partial charge is 0.306 e. The highest BCUT2D eigenvalue weighted by Crippen LogP contribution is 2.17. The lowest BCUT2D eigenvalue weighted by molar-refractivity contribution is -0.167. The quantitative estimate of drug-likeness (QED) is 0.0261. The molecule has 0 aromatic heterocycles. The van der Waals surface area contributed by atoms with E-state index in [9.17, 15) is 14.4 Å². The van der Waals surface area contributed by atoms with Crippen LogP contribution in [0.1, 0.15) is 348 Å². The molecule has 0 aromatic rings. The molecule has 0 spiro atoms. The Bertz CT molecular complexity index is 1440. The minimum absolute atomic E-state index is 0.0801. The summed E-state index contributed by atoms with van der Waals surface area (Å²) in [6.07, 6.45) is 86.3. The van der Waals surface area contributed by atoms with Gasteiger partial charge in [-0.2, -0.15) is 0 Å². The minimum Gasteiger partial charge on any atom is -0.462 e. The second kappa shape index (κ2) is 66.4. The first-order valence-corrected chi connectivity index (χ1v) is 33.9. The number of carbonyl (C=O) groups is 3. The van der Waals surface area contributed by atoms with Gasteiger partial charge in [-0.25, -0.2) is 0 Å². The minimum atomic E-state index is -0.786. The van der Waals surface area contributed by atoms with E-state index in [4.69, 9.17) is 14.2 Å². The molecule has 452 valence electrons. The Morgan fingerprint density at radius 2 is 0.500 bits per heavy atom. The summed E-state index contributed by atoms with van der Waals surface area (Å²) in [5.41, 5.74) is 0. The third kappa shape index (κ3) is 63.7. The summed E-state index contributed by atoms with van der Waals surface area (Å²) in [5, 5.41) is 0. The number of allylic oxidation sites excluding steroid dienone is 12. The Hall–Kier alpha value is -3.15. The lowest BCUT2D eigenvalue weighted by Gasteiger charge is -2.18. The molecule has 1 unspecified atom stereocenters. The summed E-state index contributed by atoms with van der Waals surface area (Å²) in [6.45, 7) is 6.56. The van der Waals surface area contributed by atoms with E-state index in [-0.39, 0.29) is 31.1 Å². The molecule has 78 heavy (non-hydrogen) atoms. The van der Waals surface area contributed by atoms with E-state index in [1.54, 1.807) is 0 Å². The summed E-state index contributed by atoms with van der Waals surface area (Å²) in [5.74, 6) is -0.880. The molecule has 0 aliphatic rings. The average Bonchev–Trinajstić information content (AvgIpc) is 3.44. The predicted molar refractivity (Wildman–Crippen MR) is 339 cm³/mol. The third-order valence-electron chi connectivity index (χ3n) is 14.9. The summed E-state index contributed by atoms with van der Waals surface area (Å²) in [4.78, 5) is 38.4. The fraction of sp³-hybridized carbons (Fsp3) is 0.792. The molecule has 0 rings (SSSR count). The van der Waals surface area contributed by atoms with Crippen molar-refractivity contribution >= 4 is 17.9 Å². The maximum Gasteiger partial charge on any atom is 0.306 e.